The number of non-ortho nitro benzene ring substituents is 1. The second-order valence-electron chi connectivity index (χ2n) is 7.19. The molecule has 0 aliphatic carbocycles. The first-order chi connectivity index (χ1) is 14.3. The predicted molar refractivity (Wildman–Crippen MR) is 112 cm³/mol. The topological polar surface area (TPSA) is 124 Å². The summed E-state index contributed by atoms with van der Waals surface area (Å²) in [5.74, 6) is 0. The molecule has 1 aromatic heterocycles. The average Bonchev–Trinajstić information content (AvgIpc) is 3.14. The number of nitro benzene ring substituents is 1. The molecule has 0 spiro atoms. The van der Waals surface area contributed by atoms with E-state index in [1.165, 1.54) is 17.7 Å². The molecule has 0 unspecified atom stereocenters. The summed E-state index contributed by atoms with van der Waals surface area (Å²) in [5, 5.41) is 16.5. The smallest absolute Gasteiger partial charge is 0.271 e. The van der Waals surface area contributed by atoms with Crippen molar-refractivity contribution < 1.29 is 13.3 Å². The molecule has 30 heavy (non-hydrogen) atoms. The van der Waals surface area contributed by atoms with Crippen LogP contribution >= 0.6 is 0 Å². The maximum atomic E-state index is 12.0. The molecule has 0 saturated carbocycles. The number of sulfonamides is 1. The number of hydrogen-bond acceptors (Lipinski definition) is 6. The van der Waals surface area contributed by atoms with Crippen LogP contribution in [-0.4, -0.2) is 29.4 Å². The lowest BCUT2D eigenvalue weighted by Gasteiger charge is -2.30. The number of benzene rings is 2. The van der Waals surface area contributed by atoms with Gasteiger partial charge < -0.3 is 9.47 Å². The van der Waals surface area contributed by atoms with Crippen molar-refractivity contribution in [3.05, 3.63) is 81.9 Å². The van der Waals surface area contributed by atoms with Gasteiger partial charge in [0.05, 0.1) is 29.2 Å². The summed E-state index contributed by atoms with van der Waals surface area (Å²) in [7, 11) is -4.03. The molecule has 0 bridgehead atoms. The molecule has 0 fully saturated rings. The van der Waals surface area contributed by atoms with Crippen molar-refractivity contribution in [1.29, 1.82) is 0 Å². The van der Waals surface area contributed by atoms with Gasteiger partial charge in [0.25, 0.3) is 5.69 Å². The van der Waals surface area contributed by atoms with Gasteiger partial charge >= 0.3 is 0 Å². The number of nitro groups is 1. The molecule has 1 aliphatic rings. The van der Waals surface area contributed by atoms with Gasteiger partial charge in [0.1, 0.15) is 4.90 Å². The molecule has 2 heterocycles. The molecule has 2 N–H and O–H groups in total. The van der Waals surface area contributed by atoms with E-state index in [4.69, 9.17) is 5.14 Å². The van der Waals surface area contributed by atoms with E-state index in [0.717, 1.165) is 30.4 Å². The largest absolute Gasteiger partial charge is 0.364 e. The molecule has 0 saturated heterocycles. The number of hydrogen-bond donors (Lipinski definition) is 1. The van der Waals surface area contributed by atoms with Crippen molar-refractivity contribution in [1.82, 2.24) is 9.55 Å². The molecule has 156 valence electrons. The zero-order valence-corrected chi connectivity index (χ0v) is 17.0. The summed E-state index contributed by atoms with van der Waals surface area (Å²) in [4.78, 5) is 16.8. The molecule has 10 heteroatoms. The molecule has 9 nitrogen and oxygen atoms in total. The Hall–Kier alpha value is -3.24. The molecule has 0 radical (unpaired) electrons. The Morgan fingerprint density at radius 1 is 1.17 bits per heavy atom. The molecule has 4 rings (SSSR count). The van der Waals surface area contributed by atoms with E-state index < -0.39 is 14.9 Å². The Bertz CT molecular complexity index is 1190. The van der Waals surface area contributed by atoms with E-state index in [-0.39, 0.29) is 16.3 Å². The number of primary sulfonamides is 1. The lowest BCUT2D eigenvalue weighted by molar-refractivity contribution is -0.384. The van der Waals surface area contributed by atoms with Crippen LogP contribution in [0.1, 0.15) is 17.0 Å². The SMILES string of the molecule is NS(=O)(=O)c1ccc([N+](=O)[O-])cc1N1CCc2c(ncn2CCc2ccccc2)C1. The summed E-state index contributed by atoms with van der Waals surface area (Å²) >= 11 is 0. The van der Waals surface area contributed by atoms with Gasteiger partial charge in [0, 0.05) is 37.3 Å². The van der Waals surface area contributed by atoms with Crippen molar-refractivity contribution in [2.24, 2.45) is 5.14 Å². The highest BCUT2D eigenvalue weighted by atomic mass is 32.2. The molecule has 2 aromatic carbocycles. The normalized spacial score (nSPS) is 13.8. The zero-order chi connectivity index (χ0) is 21.3. The van der Waals surface area contributed by atoms with Crippen LogP contribution in [0, 0.1) is 10.1 Å². The number of nitrogens with zero attached hydrogens (tertiary/aromatic N) is 4. The highest BCUT2D eigenvalue weighted by Gasteiger charge is 2.27. The molecule has 0 amide bonds. The number of aryl methyl sites for hydroxylation is 2. The second kappa shape index (κ2) is 7.88. The first kappa shape index (κ1) is 20.0. The fraction of sp³-hybridized carbons (Fsp3) is 0.250. The Kier molecular flexibility index (Phi) is 5.27. The van der Waals surface area contributed by atoms with Gasteiger partial charge in [-0.3, -0.25) is 10.1 Å². The number of rotatable bonds is 6. The third kappa shape index (κ3) is 4.05. The summed E-state index contributed by atoms with van der Waals surface area (Å²) in [6.07, 6.45) is 3.33. The van der Waals surface area contributed by atoms with Crippen LogP contribution in [0.2, 0.25) is 0 Å². The van der Waals surface area contributed by atoms with Crippen LogP contribution in [0.4, 0.5) is 11.4 Å². The van der Waals surface area contributed by atoms with Crippen LogP contribution < -0.4 is 10.0 Å². The highest BCUT2D eigenvalue weighted by molar-refractivity contribution is 7.89. The van der Waals surface area contributed by atoms with Crippen molar-refractivity contribution in [3.63, 3.8) is 0 Å². The fourth-order valence-electron chi connectivity index (χ4n) is 3.77. The predicted octanol–water partition coefficient (Wildman–Crippen LogP) is 2.24. The van der Waals surface area contributed by atoms with Gasteiger partial charge in [-0.25, -0.2) is 18.5 Å². The zero-order valence-electron chi connectivity index (χ0n) is 16.1. The van der Waals surface area contributed by atoms with Crippen LogP contribution in [0.15, 0.2) is 59.8 Å². The Labute approximate surface area is 174 Å². The molecular formula is C20H21N5O4S. The highest BCUT2D eigenvalue weighted by Crippen LogP contribution is 2.32. The minimum absolute atomic E-state index is 0.125. The van der Waals surface area contributed by atoms with Gasteiger partial charge in [-0.05, 0) is 18.1 Å². The minimum Gasteiger partial charge on any atom is -0.364 e. The number of imidazole rings is 1. The van der Waals surface area contributed by atoms with E-state index in [9.17, 15) is 18.5 Å². The van der Waals surface area contributed by atoms with Crippen molar-refractivity contribution in [3.8, 4) is 0 Å². The van der Waals surface area contributed by atoms with E-state index in [1.54, 1.807) is 11.2 Å². The summed E-state index contributed by atoms with van der Waals surface area (Å²) in [6.45, 7) is 1.66. The maximum absolute atomic E-state index is 12.0. The van der Waals surface area contributed by atoms with Crippen molar-refractivity contribution in [2.75, 3.05) is 11.4 Å². The van der Waals surface area contributed by atoms with Gasteiger partial charge in [-0.1, -0.05) is 30.3 Å². The minimum atomic E-state index is -4.03. The molecule has 0 atom stereocenters. The van der Waals surface area contributed by atoms with E-state index in [0.29, 0.717) is 19.5 Å². The number of fused-ring (bicyclic) bond motifs is 1. The average molecular weight is 427 g/mol. The summed E-state index contributed by atoms with van der Waals surface area (Å²) in [6, 6.07) is 13.8. The first-order valence-electron chi connectivity index (χ1n) is 9.46. The molecular weight excluding hydrogens is 406 g/mol. The van der Waals surface area contributed by atoms with E-state index in [2.05, 4.69) is 21.7 Å². The summed E-state index contributed by atoms with van der Waals surface area (Å²) < 4.78 is 26.1. The van der Waals surface area contributed by atoms with Crippen LogP contribution in [-0.2, 0) is 36.0 Å². The third-order valence-corrected chi connectivity index (χ3v) is 6.23. The van der Waals surface area contributed by atoms with Gasteiger partial charge in [0.15, 0.2) is 0 Å². The van der Waals surface area contributed by atoms with E-state index >= 15 is 0 Å². The number of nitrogens with two attached hydrogens (primary N) is 1. The van der Waals surface area contributed by atoms with Crippen LogP contribution in [0.25, 0.3) is 0 Å². The number of anilines is 1. The fourth-order valence-corrected chi connectivity index (χ4v) is 4.51. The third-order valence-electron chi connectivity index (χ3n) is 5.28. The second-order valence-corrected chi connectivity index (χ2v) is 8.72. The summed E-state index contributed by atoms with van der Waals surface area (Å²) in [5.41, 5.74) is 3.23. The van der Waals surface area contributed by atoms with Crippen LogP contribution in [0.5, 0.6) is 0 Å². The standard InChI is InChI=1S/C20H21N5O4S/c21-30(28,29)20-7-6-16(25(26)27)12-19(20)23-11-9-18-17(13-23)22-14-24(18)10-8-15-4-2-1-3-5-15/h1-7,12,14H,8-11,13H2,(H2,21,28,29). The van der Waals surface area contributed by atoms with E-state index in [1.807, 2.05) is 18.2 Å². The molecule has 3 aromatic rings. The first-order valence-corrected chi connectivity index (χ1v) is 11.0. The Morgan fingerprint density at radius 2 is 1.93 bits per heavy atom. The number of aromatic nitrogens is 2. The van der Waals surface area contributed by atoms with Gasteiger partial charge in [-0.2, -0.15) is 0 Å². The molecule has 1 aliphatic heterocycles. The lowest BCUT2D eigenvalue weighted by atomic mass is 10.1. The van der Waals surface area contributed by atoms with Crippen molar-refractivity contribution in [2.45, 2.75) is 30.8 Å². The quantitative estimate of drug-likeness (QED) is 0.475. The van der Waals surface area contributed by atoms with Crippen molar-refractivity contribution >= 4 is 21.4 Å². The maximum Gasteiger partial charge on any atom is 0.271 e. The van der Waals surface area contributed by atoms with Crippen LogP contribution in [0.3, 0.4) is 0 Å². The Balaban J connectivity index is 1.59. The monoisotopic (exact) mass is 427 g/mol. The lowest BCUT2D eigenvalue weighted by Crippen LogP contribution is -2.33. The van der Waals surface area contributed by atoms with Gasteiger partial charge in [0.2, 0.25) is 10.0 Å². The Morgan fingerprint density at radius 3 is 2.63 bits per heavy atom. The van der Waals surface area contributed by atoms with Gasteiger partial charge in [-0.15, -0.1) is 0 Å².